The van der Waals surface area contributed by atoms with Gasteiger partial charge in [-0.25, -0.2) is 4.79 Å². The van der Waals surface area contributed by atoms with Gasteiger partial charge in [0.25, 0.3) is 0 Å². The van der Waals surface area contributed by atoms with Crippen molar-refractivity contribution in [2.24, 2.45) is 0 Å². The molecule has 104 valence electrons. The van der Waals surface area contributed by atoms with Gasteiger partial charge in [-0.3, -0.25) is 4.79 Å². The second-order valence-corrected chi connectivity index (χ2v) is 3.95. The van der Waals surface area contributed by atoms with Crippen molar-refractivity contribution in [1.29, 1.82) is 0 Å². The lowest BCUT2D eigenvalue weighted by Crippen LogP contribution is -2.31. The molecule has 3 N–H and O–H groups in total. The average molecular weight is 265 g/mol. The molecule has 6 heteroatoms. The molecular weight excluding hydrogens is 246 g/mol. The first-order chi connectivity index (χ1) is 9.11. The lowest BCUT2D eigenvalue weighted by molar-refractivity contribution is -0.118. The zero-order valence-corrected chi connectivity index (χ0v) is 11.2. The second kappa shape index (κ2) is 7.97. The van der Waals surface area contributed by atoms with Crippen LogP contribution in [-0.4, -0.2) is 32.1 Å². The standard InChI is InChI=1S/C13H19N3O3/c1-10(17)14-8-3-9-15-13(18)16-11-4-6-12(19-2)7-5-11/h4-7H,3,8-9H2,1-2H3,(H,14,17)(H2,15,16,18). The van der Waals surface area contributed by atoms with Crippen LogP contribution in [0.1, 0.15) is 13.3 Å². The highest BCUT2D eigenvalue weighted by atomic mass is 16.5. The molecule has 0 saturated heterocycles. The van der Waals surface area contributed by atoms with Crippen LogP contribution in [0.3, 0.4) is 0 Å². The number of anilines is 1. The number of rotatable bonds is 6. The molecule has 6 nitrogen and oxygen atoms in total. The number of methoxy groups -OCH3 is 1. The van der Waals surface area contributed by atoms with Crippen molar-refractivity contribution >= 4 is 17.6 Å². The van der Waals surface area contributed by atoms with Crippen LogP contribution in [-0.2, 0) is 4.79 Å². The molecule has 0 atom stereocenters. The summed E-state index contributed by atoms with van der Waals surface area (Å²) in [6.07, 6.45) is 0.690. The molecule has 3 amide bonds. The van der Waals surface area contributed by atoms with Crippen molar-refractivity contribution in [2.75, 3.05) is 25.5 Å². The molecule has 0 spiro atoms. The predicted octanol–water partition coefficient (Wildman–Crippen LogP) is 1.34. The van der Waals surface area contributed by atoms with Gasteiger partial charge in [0.15, 0.2) is 0 Å². The van der Waals surface area contributed by atoms with Gasteiger partial charge < -0.3 is 20.7 Å². The van der Waals surface area contributed by atoms with E-state index in [1.165, 1.54) is 6.92 Å². The SMILES string of the molecule is COc1ccc(NC(=O)NCCCNC(C)=O)cc1. The van der Waals surface area contributed by atoms with Crippen LogP contribution in [0.25, 0.3) is 0 Å². The number of hydrogen-bond donors (Lipinski definition) is 3. The Balaban J connectivity index is 2.21. The summed E-state index contributed by atoms with van der Waals surface area (Å²) >= 11 is 0. The Hall–Kier alpha value is -2.24. The summed E-state index contributed by atoms with van der Waals surface area (Å²) in [5.41, 5.74) is 0.695. The highest BCUT2D eigenvalue weighted by Gasteiger charge is 2.01. The summed E-state index contributed by atoms with van der Waals surface area (Å²) in [6.45, 7) is 2.52. The topological polar surface area (TPSA) is 79.5 Å². The molecule has 1 aromatic carbocycles. The number of nitrogens with one attached hydrogen (secondary N) is 3. The van der Waals surface area contributed by atoms with Gasteiger partial charge in [-0.05, 0) is 30.7 Å². The highest BCUT2D eigenvalue weighted by molar-refractivity contribution is 5.89. The van der Waals surface area contributed by atoms with Crippen molar-refractivity contribution < 1.29 is 14.3 Å². The smallest absolute Gasteiger partial charge is 0.319 e. The summed E-state index contributed by atoms with van der Waals surface area (Å²) in [5, 5.41) is 8.06. The third kappa shape index (κ3) is 6.30. The fourth-order valence-electron chi connectivity index (χ4n) is 1.40. The van der Waals surface area contributed by atoms with Gasteiger partial charge >= 0.3 is 6.03 Å². The largest absolute Gasteiger partial charge is 0.497 e. The van der Waals surface area contributed by atoms with Gasteiger partial charge in [0.05, 0.1) is 7.11 Å². The average Bonchev–Trinajstić information content (AvgIpc) is 2.39. The first-order valence-electron chi connectivity index (χ1n) is 6.05. The number of urea groups is 1. The normalized spacial score (nSPS) is 9.58. The summed E-state index contributed by atoms with van der Waals surface area (Å²) in [6, 6.07) is 6.79. The summed E-state index contributed by atoms with van der Waals surface area (Å²) in [7, 11) is 1.59. The maximum absolute atomic E-state index is 11.5. The van der Waals surface area contributed by atoms with Gasteiger partial charge in [-0.15, -0.1) is 0 Å². The van der Waals surface area contributed by atoms with E-state index in [2.05, 4.69) is 16.0 Å². The third-order valence-corrected chi connectivity index (χ3v) is 2.36. The maximum Gasteiger partial charge on any atom is 0.319 e. The van der Waals surface area contributed by atoms with Crippen molar-refractivity contribution in [2.45, 2.75) is 13.3 Å². The number of carbonyl (C=O) groups is 2. The number of carbonyl (C=O) groups excluding carboxylic acids is 2. The molecule has 0 fully saturated rings. The molecule has 0 heterocycles. The van der Waals surface area contributed by atoms with Crippen LogP contribution in [0.4, 0.5) is 10.5 Å². The fraction of sp³-hybridized carbons (Fsp3) is 0.385. The molecule has 1 aromatic rings. The van der Waals surface area contributed by atoms with Gasteiger partial charge in [0, 0.05) is 25.7 Å². The number of benzene rings is 1. The fourth-order valence-corrected chi connectivity index (χ4v) is 1.40. The first-order valence-corrected chi connectivity index (χ1v) is 6.05. The minimum absolute atomic E-state index is 0.0670. The maximum atomic E-state index is 11.5. The lowest BCUT2D eigenvalue weighted by atomic mass is 10.3. The van der Waals surface area contributed by atoms with E-state index in [4.69, 9.17) is 4.74 Å². The molecule has 0 bridgehead atoms. The van der Waals surface area contributed by atoms with Crippen LogP contribution < -0.4 is 20.7 Å². The number of ether oxygens (including phenoxy) is 1. The van der Waals surface area contributed by atoms with Gasteiger partial charge in [-0.2, -0.15) is 0 Å². The second-order valence-electron chi connectivity index (χ2n) is 3.95. The van der Waals surface area contributed by atoms with Crippen LogP contribution >= 0.6 is 0 Å². The molecule has 19 heavy (non-hydrogen) atoms. The Morgan fingerprint density at radius 1 is 1.11 bits per heavy atom. The number of amides is 3. The summed E-state index contributed by atoms with van der Waals surface area (Å²) in [4.78, 5) is 22.1. The van der Waals surface area contributed by atoms with Crippen molar-refractivity contribution in [3.63, 3.8) is 0 Å². The molecule has 0 aliphatic heterocycles. The zero-order valence-electron chi connectivity index (χ0n) is 11.2. The van der Waals surface area contributed by atoms with Crippen LogP contribution in [0, 0.1) is 0 Å². The molecular formula is C13H19N3O3. The van der Waals surface area contributed by atoms with Gasteiger partial charge in [0.1, 0.15) is 5.75 Å². The quantitative estimate of drug-likeness (QED) is 0.679. The lowest BCUT2D eigenvalue weighted by Gasteiger charge is -2.08. The van der Waals surface area contributed by atoms with Crippen LogP contribution in [0.5, 0.6) is 5.75 Å². The van der Waals surface area contributed by atoms with Gasteiger partial charge in [0.2, 0.25) is 5.91 Å². The van der Waals surface area contributed by atoms with Crippen molar-refractivity contribution in [1.82, 2.24) is 10.6 Å². The molecule has 0 aromatic heterocycles. The molecule has 0 aliphatic carbocycles. The Kier molecular flexibility index (Phi) is 6.21. The van der Waals surface area contributed by atoms with E-state index < -0.39 is 0 Å². The van der Waals surface area contributed by atoms with Gasteiger partial charge in [-0.1, -0.05) is 0 Å². The molecule has 0 radical (unpaired) electrons. The van der Waals surface area contributed by atoms with E-state index in [9.17, 15) is 9.59 Å². The van der Waals surface area contributed by atoms with Crippen molar-refractivity contribution in [3.05, 3.63) is 24.3 Å². The van der Waals surface area contributed by atoms with E-state index in [1.54, 1.807) is 31.4 Å². The highest BCUT2D eigenvalue weighted by Crippen LogP contribution is 2.14. The predicted molar refractivity (Wildman–Crippen MR) is 73.3 cm³/mol. The van der Waals surface area contributed by atoms with E-state index in [1.807, 2.05) is 0 Å². The van der Waals surface area contributed by atoms with Crippen molar-refractivity contribution in [3.8, 4) is 5.75 Å². The van der Waals surface area contributed by atoms with E-state index in [0.717, 1.165) is 5.75 Å². The third-order valence-electron chi connectivity index (χ3n) is 2.36. The van der Waals surface area contributed by atoms with E-state index >= 15 is 0 Å². The Morgan fingerprint density at radius 3 is 2.32 bits per heavy atom. The Bertz CT molecular complexity index is 418. The number of hydrogen-bond acceptors (Lipinski definition) is 3. The molecule has 0 unspecified atom stereocenters. The molecule has 0 aliphatic rings. The zero-order chi connectivity index (χ0) is 14.1. The Morgan fingerprint density at radius 2 is 1.74 bits per heavy atom. The molecule has 1 rings (SSSR count). The summed E-state index contributed by atoms with van der Waals surface area (Å²) in [5.74, 6) is 0.670. The van der Waals surface area contributed by atoms with E-state index in [0.29, 0.717) is 25.2 Å². The minimum atomic E-state index is -0.270. The minimum Gasteiger partial charge on any atom is -0.497 e. The van der Waals surface area contributed by atoms with E-state index in [-0.39, 0.29) is 11.9 Å². The van der Waals surface area contributed by atoms with Crippen LogP contribution in [0.2, 0.25) is 0 Å². The monoisotopic (exact) mass is 265 g/mol. The first kappa shape index (κ1) is 14.8. The Labute approximate surface area is 112 Å². The molecule has 0 saturated carbocycles. The van der Waals surface area contributed by atoms with Crippen LogP contribution in [0.15, 0.2) is 24.3 Å². The summed E-state index contributed by atoms with van der Waals surface area (Å²) < 4.78 is 5.02.